The Labute approximate surface area is 234 Å². The molecule has 3 rings (SSSR count). The van der Waals surface area contributed by atoms with Gasteiger partial charge in [0.1, 0.15) is 17.2 Å². The molecule has 0 saturated heterocycles. The molecule has 40 heavy (non-hydrogen) atoms. The lowest BCUT2D eigenvalue weighted by atomic mass is 9.89. The summed E-state index contributed by atoms with van der Waals surface area (Å²) >= 11 is 0. The maximum absolute atomic E-state index is 14.2. The molecule has 1 amide bonds. The normalized spacial score (nSPS) is 13.7. The van der Waals surface area contributed by atoms with Crippen molar-refractivity contribution in [1.29, 1.82) is 0 Å². The summed E-state index contributed by atoms with van der Waals surface area (Å²) in [6.45, 7) is 5.18. The first-order valence-corrected chi connectivity index (χ1v) is 13.2. The van der Waals surface area contributed by atoms with Crippen molar-refractivity contribution >= 4 is 17.9 Å². The number of pyridine rings is 1. The van der Waals surface area contributed by atoms with Gasteiger partial charge in [0.15, 0.2) is 0 Å². The third kappa shape index (κ3) is 9.05. The molecule has 3 N–H and O–H groups in total. The standard InChI is InChI=1S/C31H38FN3O5/c1-31(2,3)40-30(39)34-26(27(36)18-24(29(37)38)17-22-8-6-7-9-25(22)32)16-20-10-12-21(13-11-20)23-14-15-28(33-19-23)35(4)5/h6-15,19,24,26-27,36H,16-18H2,1-5H3,(H,34,39)(H,37,38)/t24-,26?,27+/m1/s1. The highest BCUT2D eigenvalue weighted by Gasteiger charge is 2.30. The van der Waals surface area contributed by atoms with Gasteiger partial charge in [-0.05, 0) is 74.9 Å². The highest BCUT2D eigenvalue weighted by molar-refractivity contribution is 5.71. The molecule has 0 fully saturated rings. The molecule has 1 unspecified atom stereocenters. The number of carboxylic acid groups (broad SMARTS) is 1. The number of aromatic nitrogens is 1. The van der Waals surface area contributed by atoms with Crippen molar-refractivity contribution in [2.75, 3.05) is 19.0 Å². The zero-order valence-electron chi connectivity index (χ0n) is 23.6. The van der Waals surface area contributed by atoms with Crippen LogP contribution in [0.15, 0.2) is 66.9 Å². The number of benzene rings is 2. The molecule has 214 valence electrons. The molecule has 0 aliphatic carbocycles. The number of amides is 1. The van der Waals surface area contributed by atoms with Crippen molar-refractivity contribution < 1.29 is 28.9 Å². The molecule has 0 aliphatic heterocycles. The van der Waals surface area contributed by atoms with Gasteiger partial charge in [0.25, 0.3) is 0 Å². The largest absolute Gasteiger partial charge is 0.481 e. The van der Waals surface area contributed by atoms with Crippen LogP contribution in [0.4, 0.5) is 15.0 Å². The Morgan fingerprint density at radius 1 is 1.00 bits per heavy atom. The van der Waals surface area contributed by atoms with E-state index in [-0.39, 0.29) is 24.8 Å². The van der Waals surface area contributed by atoms with Gasteiger partial charge in [-0.2, -0.15) is 0 Å². The van der Waals surface area contributed by atoms with Gasteiger partial charge in [0.05, 0.1) is 18.1 Å². The number of aliphatic carboxylic acids is 1. The van der Waals surface area contributed by atoms with E-state index in [0.29, 0.717) is 0 Å². The number of nitrogens with zero attached hydrogens (tertiary/aromatic N) is 2. The number of carboxylic acids is 1. The van der Waals surface area contributed by atoms with Gasteiger partial charge in [-0.1, -0.05) is 42.5 Å². The fraction of sp³-hybridized carbons (Fsp3) is 0.387. The molecule has 0 saturated carbocycles. The predicted molar refractivity (Wildman–Crippen MR) is 153 cm³/mol. The summed E-state index contributed by atoms with van der Waals surface area (Å²) in [5.41, 5.74) is 2.21. The Hall–Kier alpha value is -3.98. The van der Waals surface area contributed by atoms with Crippen LogP contribution in [0.5, 0.6) is 0 Å². The first kappa shape index (κ1) is 30.6. The summed E-state index contributed by atoms with van der Waals surface area (Å²) in [6.07, 6.45) is -0.212. The summed E-state index contributed by atoms with van der Waals surface area (Å²) in [6, 6.07) is 16.7. The Morgan fingerprint density at radius 2 is 1.65 bits per heavy atom. The maximum atomic E-state index is 14.2. The van der Waals surface area contributed by atoms with Crippen LogP contribution in [-0.4, -0.2) is 59.1 Å². The Kier molecular flexibility index (Phi) is 10.2. The molecule has 3 aromatic rings. The fourth-order valence-corrected chi connectivity index (χ4v) is 4.31. The molecular weight excluding hydrogens is 513 g/mol. The molecule has 0 bridgehead atoms. The van der Waals surface area contributed by atoms with Crippen molar-refractivity contribution in [1.82, 2.24) is 10.3 Å². The number of halogens is 1. The summed E-state index contributed by atoms with van der Waals surface area (Å²) in [5.74, 6) is -1.87. The molecule has 0 aliphatic rings. The van der Waals surface area contributed by atoms with E-state index in [1.54, 1.807) is 33.0 Å². The van der Waals surface area contributed by atoms with E-state index < -0.39 is 41.5 Å². The molecule has 1 heterocycles. The van der Waals surface area contributed by atoms with Gasteiger partial charge in [0, 0.05) is 25.9 Å². The van der Waals surface area contributed by atoms with Crippen molar-refractivity contribution in [2.45, 2.75) is 57.8 Å². The number of hydrogen-bond acceptors (Lipinski definition) is 6. The lowest BCUT2D eigenvalue weighted by molar-refractivity contribution is -0.143. The predicted octanol–water partition coefficient (Wildman–Crippen LogP) is 5.08. The molecule has 8 nitrogen and oxygen atoms in total. The smallest absolute Gasteiger partial charge is 0.407 e. The number of nitrogens with one attached hydrogen (secondary N) is 1. The summed E-state index contributed by atoms with van der Waals surface area (Å²) in [7, 11) is 3.84. The zero-order valence-corrected chi connectivity index (χ0v) is 23.6. The lowest BCUT2D eigenvalue weighted by Gasteiger charge is -2.28. The summed E-state index contributed by atoms with van der Waals surface area (Å²) in [5, 5.41) is 23.7. The second kappa shape index (κ2) is 13.4. The SMILES string of the molecule is CN(C)c1ccc(-c2ccc(CC(NC(=O)OC(C)(C)C)[C@@H](O)C[C@@H](Cc3ccccc3F)C(=O)O)cc2)cn1. The van der Waals surface area contributed by atoms with Crippen LogP contribution in [0.25, 0.3) is 11.1 Å². The highest BCUT2D eigenvalue weighted by Crippen LogP contribution is 2.23. The average molecular weight is 552 g/mol. The zero-order chi connectivity index (χ0) is 29.4. The number of alkyl carbamates (subject to hydrolysis) is 1. The first-order chi connectivity index (χ1) is 18.8. The van der Waals surface area contributed by atoms with Crippen LogP contribution in [0.3, 0.4) is 0 Å². The van der Waals surface area contributed by atoms with Crippen molar-refractivity contribution in [3.8, 4) is 11.1 Å². The highest BCUT2D eigenvalue weighted by atomic mass is 19.1. The number of carbonyl (C=O) groups is 2. The van der Waals surface area contributed by atoms with E-state index in [2.05, 4.69) is 10.3 Å². The minimum atomic E-state index is -1.23. The summed E-state index contributed by atoms with van der Waals surface area (Å²) in [4.78, 5) is 31.0. The van der Waals surface area contributed by atoms with Gasteiger partial charge < -0.3 is 25.2 Å². The fourth-order valence-electron chi connectivity index (χ4n) is 4.31. The van der Waals surface area contributed by atoms with Gasteiger partial charge in [-0.3, -0.25) is 4.79 Å². The monoisotopic (exact) mass is 551 g/mol. The molecule has 9 heteroatoms. The van der Waals surface area contributed by atoms with Crippen LogP contribution >= 0.6 is 0 Å². The number of anilines is 1. The van der Waals surface area contributed by atoms with Crippen molar-refractivity contribution in [3.05, 3.63) is 83.8 Å². The topological polar surface area (TPSA) is 112 Å². The van der Waals surface area contributed by atoms with E-state index in [4.69, 9.17) is 4.74 Å². The molecular formula is C31H38FN3O5. The molecule has 1 aromatic heterocycles. The minimum absolute atomic E-state index is 0.0897. The third-order valence-electron chi connectivity index (χ3n) is 6.41. The molecule has 0 radical (unpaired) electrons. The second-order valence-electron chi connectivity index (χ2n) is 11.1. The average Bonchev–Trinajstić information content (AvgIpc) is 2.88. The van der Waals surface area contributed by atoms with Crippen LogP contribution < -0.4 is 10.2 Å². The number of aliphatic hydroxyl groups excluding tert-OH is 1. The van der Waals surface area contributed by atoms with Gasteiger partial charge >= 0.3 is 12.1 Å². The van der Waals surface area contributed by atoms with E-state index >= 15 is 0 Å². The number of rotatable bonds is 11. The van der Waals surface area contributed by atoms with Gasteiger partial charge in [-0.25, -0.2) is 14.2 Å². The van der Waals surface area contributed by atoms with Gasteiger partial charge in [0.2, 0.25) is 0 Å². The number of ether oxygens (including phenoxy) is 1. The van der Waals surface area contributed by atoms with Crippen molar-refractivity contribution in [3.63, 3.8) is 0 Å². The van der Waals surface area contributed by atoms with E-state index in [0.717, 1.165) is 22.5 Å². The van der Waals surface area contributed by atoms with Crippen molar-refractivity contribution in [2.24, 2.45) is 5.92 Å². The van der Waals surface area contributed by atoms with E-state index in [1.807, 2.05) is 55.4 Å². The van der Waals surface area contributed by atoms with Gasteiger partial charge in [-0.15, -0.1) is 0 Å². The molecule has 3 atom stereocenters. The second-order valence-corrected chi connectivity index (χ2v) is 11.1. The Morgan fingerprint density at radius 3 is 2.20 bits per heavy atom. The maximum Gasteiger partial charge on any atom is 0.407 e. The first-order valence-electron chi connectivity index (χ1n) is 13.2. The van der Waals surface area contributed by atoms with Crippen LogP contribution in [0.2, 0.25) is 0 Å². The number of hydrogen-bond donors (Lipinski definition) is 3. The van der Waals surface area contributed by atoms with Crippen LogP contribution in [0.1, 0.15) is 38.3 Å². The van der Waals surface area contributed by atoms with E-state index in [1.165, 1.54) is 18.2 Å². The minimum Gasteiger partial charge on any atom is -0.481 e. The lowest BCUT2D eigenvalue weighted by Crippen LogP contribution is -2.47. The Balaban J connectivity index is 1.78. The molecule has 0 spiro atoms. The van der Waals surface area contributed by atoms with E-state index in [9.17, 15) is 24.2 Å². The quantitative estimate of drug-likeness (QED) is 0.305. The van der Waals surface area contributed by atoms with Crippen LogP contribution in [-0.2, 0) is 22.4 Å². The Bertz CT molecular complexity index is 1270. The third-order valence-corrected chi connectivity index (χ3v) is 6.41. The van der Waals surface area contributed by atoms with Crippen LogP contribution in [0, 0.1) is 11.7 Å². The number of aliphatic hydroxyl groups is 1. The number of carbonyl (C=O) groups excluding carboxylic acids is 1. The summed E-state index contributed by atoms with van der Waals surface area (Å²) < 4.78 is 19.6. The molecule has 2 aromatic carbocycles.